The second-order valence-electron chi connectivity index (χ2n) is 3.60. The standard InChI is InChI=1S/C9H15NOS/c11-9-1-4-10(7-9)8-2-5-12-6-3-8/h8H,1-7H2. The van der Waals surface area contributed by atoms with Crippen LogP contribution in [0, 0.1) is 0 Å². The van der Waals surface area contributed by atoms with E-state index >= 15 is 0 Å². The maximum absolute atomic E-state index is 11.0. The molecule has 0 saturated carbocycles. The molecule has 3 heteroatoms. The predicted octanol–water partition coefficient (Wildman–Crippen LogP) is 1.16. The van der Waals surface area contributed by atoms with Crippen molar-refractivity contribution in [3.63, 3.8) is 0 Å². The van der Waals surface area contributed by atoms with Gasteiger partial charge in [-0.2, -0.15) is 11.8 Å². The van der Waals surface area contributed by atoms with E-state index < -0.39 is 0 Å². The van der Waals surface area contributed by atoms with Crippen molar-refractivity contribution >= 4 is 17.5 Å². The molecule has 12 heavy (non-hydrogen) atoms. The number of hydrogen-bond acceptors (Lipinski definition) is 3. The highest BCUT2D eigenvalue weighted by Gasteiger charge is 2.27. The van der Waals surface area contributed by atoms with Gasteiger partial charge in [0.1, 0.15) is 5.78 Å². The molecule has 68 valence electrons. The molecule has 0 spiro atoms. The van der Waals surface area contributed by atoms with Gasteiger partial charge in [-0.05, 0) is 24.3 Å². The Balaban J connectivity index is 1.86. The fourth-order valence-corrected chi connectivity index (χ4v) is 3.10. The van der Waals surface area contributed by atoms with Crippen molar-refractivity contribution in [3.8, 4) is 0 Å². The Morgan fingerprint density at radius 3 is 2.67 bits per heavy atom. The number of thioether (sulfide) groups is 1. The lowest BCUT2D eigenvalue weighted by atomic mass is 10.1. The number of hydrogen-bond donors (Lipinski definition) is 0. The number of likely N-dealkylation sites (tertiary alicyclic amines) is 1. The highest BCUT2D eigenvalue weighted by atomic mass is 32.2. The Kier molecular flexibility index (Phi) is 2.71. The van der Waals surface area contributed by atoms with Gasteiger partial charge < -0.3 is 0 Å². The maximum atomic E-state index is 11.0. The van der Waals surface area contributed by atoms with E-state index in [2.05, 4.69) is 4.90 Å². The molecule has 2 aliphatic heterocycles. The van der Waals surface area contributed by atoms with E-state index in [0.717, 1.165) is 25.6 Å². The summed E-state index contributed by atoms with van der Waals surface area (Å²) in [5, 5.41) is 0. The summed E-state index contributed by atoms with van der Waals surface area (Å²) in [6, 6.07) is 0.720. The molecule has 0 aromatic carbocycles. The second kappa shape index (κ2) is 3.79. The fraction of sp³-hybridized carbons (Fsp3) is 0.889. The number of ketones is 1. The van der Waals surface area contributed by atoms with Gasteiger partial charge in [0.25, 0.3) is 0 Å². The van der Waals surface area contributed by atoms with Crippen LogP contribution < -0.4 is 0 Å². The van der Waals surface area contributed by atoms with Crippen LogP contribution in [0.3, 0.4) is 0 Å². The van der Waals surface area contributed by atoms with Crippen molar-refractivity contribution in [2.45, 2.75) is 25.3 Å². The summed E-state index contributed by atoms with van der Waals surface area (Å²) in [5.74, 6) is 3.01. The minimum absolute atomic E-state index is 0.438. The van der Waals surface area contributed by atoms with Crippen molar-refractivity contribution < 1.29 is 4.79 Å². The van der Waals surface area contributed by atoms with Gasteiger partial charge in [-0.25, -0.2) is 0 Å². The normalized spacial score (nSPS) is 28.2. The van der Waals surface area contributed by atoms with Gasteiger partial charge >= 0.3 is 0 Å². The van der Waals surface area contributed by atoms with E-state index in [0.29, 0.717) is 5.78 Å². The van der Waals surface area contributed by atoms with Crippen LogP contribution in [0.1, 0.15) is 19.3 Å². The van der Waals surface area contributed by atoms with Crippen molar-refractivity contribution in [3.05, 3.63) is 0 Å². The minimum Gasteiger partial charge on any atom is -0.298 e. The van der Waals surface area contributed by atoms with Crippen LogP contribution in [0.15, 0.2) is 0 Å². The van der Waals surface area contributed by atoms with Gasteiger partial charge in [-0.3, -0.25) is 9.69 Å². The number of nitrogens with zero attached hydrogens (tertiary/aromatic N) is 1. The third kappa shape index (κ3) is 1.83. The van der Waals surface area contributed by atoms with Crippen LogP contribution in [-0.4, -0.2) is 41.3 Å². The Morgan fingerprint density at radius 1 is 1.33 bits per heavy atom. The molecule has 0 N–H and O–H groups in total. The molecule has 0 aromatic rings. The Hall–Kier alpha value is -0.0200. The van der Waals surface area contributed by atoms with Gasteiger partial charge in [0.05, 0.1) is 6.54 Å². The van der Waals surface area contributed by atoms with Gasteiger partial charge in [0.15, 0.2) is 0 Å². The molecule has 0 atom stereocenters. The third-order valence-electron chi connectivity index (χ3n) is 2.76. The van der Waals surface area contributed by atoms with E-state index in [1.165, 1.54) is 24.3 Å². The first-order chi connectivity index (χ1) is 5.86. The smallest absolute Gasteiger partial charge is 0.148 e. The van der Waals surface area contributed by atoms with Crippen LogP contribution in [-0.2, 0) is 4.79 Å². The van der Waals surface area contributed by atoms with Crippen molar-refractivity contribution in [1.82, 2.24) is 4.90 Å². The lowest BCUT2D eigenvalue weighted by molar-refractivity contribution is -0.117. The molecule has 0 aliphatic carbocycles. The zero-order valence-corrected chi connectivity index (χ0v) is 8.11. The largest absolute Gasteiger partial charge is 0.298 e. The molecule has 0 radical (unpaired) electrons. The zero-order chi connectivity index (χ0) is 8.39. The monoisotopic (exact) mass is 185 g/mol. The number of carbonyl (C=O) groups excluding carboxylic acids is 1. The zero-order valence-electron chi connectivity index (χ0n) is 7.29. The lowest BCUT2D eigenvalue weighted by Gasteiger charge is -2.29. The quantitative estimate of drug-likeness (QED) is 0.611. The van der Waals surface area contributed by atoms with Crippen LogP contribution in [0.5, 0.6) is 0 Å². The lowest BCUT2D eigenvalue weighted by Crippen LogP contribution is -2.36. The highest BCUT2D eigenvalue weighted by Crippen LogP contribution is 2.23. The molecule has 0 aromatic heterocycles. The van der Waals surface area contributed by atoms with Crippen LogP contribution in [0.25, 0.3) is 0 Å². The van der Waals surface area contributed by atoms with Gasteiger partial charge in [0.2, 0.25) is 0 Å². The molecule has 0 bridgehead atoms. The maximum Gasteiger partial charge on any atom is 0.148 e. The van der Waals surface area contributed by atoms with Gasteiger partial charge in [0, 0.05) is 19.0 Å². The van der Waals surface area contributed by atoms with Crippen molar-refractivity contribution in [2.24, 2.45) is 0 Å². The summed E-state index contributed by atoms with van der Waals surface area (Å²) in [6.45, 7) is 1.75. The average Bonchev–Trinajstić information content (AvgIpc) is 2.54. The topological polar surface area (TPSA) is 20.3 Å². The van der Waals surface area contributed by atoms with E-state index in [9.17, 15) is 4.79 Å². The summed E-state index contributed by atoms with van der Waals surface area (Å²) in [5.41, 5.74) is 0. The second-order valence-corrected chi connectivity index (χ2v) is 4.83. The van der Waals surface area contributed by atoms with E-state index in [1.54, 1.807) is 0 Å². The molecule has 2 saturated heterocycles. The number of carbonyl (C=O) groups is 1. The number of Topliss-reactive ketones (excluding diaryl/α,β-unsaturated/α-hetero) is 1. The molecule has 2 aliphatic rings. The van der Waals surface area contributed by atoms with Crippen LogP contribution >= 0.6 is 11.8 Å². The fourth-order valence-electron chi connectivity index (χ4n) is 2.01. The molecule has 0 unspecified atom stereocenters. The first-order valence-corrected chi connectivity index (χ1v) is 5.85. The molecular weight excluding hydrogens is 170 g/mol. The van der Waals surface area contributed by atoms with Gasteiger partial charge in [-0.15, -0.1) is 0 Å². The highest BCUT2D eigenvalue weighted by molar-refractivity contribution is 7.99. The summed E-state index contributed by atoms with van der Waals surface area (Å²) in [6.07, 6.45) is 3.37. The summed E-state index contributed by atoms with van der Waals surface area (Å²) in [7, 11) is 0. The van der Waals surface area contributed by atoms with Crippen molar-refractivity contribution in [1.29, 1.82) is 0 Å². The molecular formula is C9H15NOS. The SMILES string of the molecule is O=C1CCN(C2CCSCC2)C1. The van der Waals surface area contributed by atoms with E-state index in [-0.39, 0.29) is 0 Å². The first-order valence-electron chi connectivity index (χ1n) is 4.70. The third-order valence-corrected chi connectivity index (χ3v) is 3.81. The molecule has 0 amide bonds. The summed E-state index contributed by atoms with van der Waals surface area (Å²) >= 11 is 2.05. The van der Waals surface area contributed by atoms with Crippen LogP contribution in [0.4, 0.5) is 0 Å². The van der Waals surface area contributed by atoms with E-state index in [1.807, 2.05) is 11.8 Å². The average molecular weight is 185 g/mol. The predicted molar refractivity (Wildman–Crippen MR) is 51.5 cm³/mol. The summed E-state index contributed by atoms with van der Waals surface area (Å²) in [4.78, 5) is 13.4. The molecule has 2 rings (SSSR count). The van der Waals surface area contributed by atoms with Crippen molar-refractivity contribution in [2.75, 3.05) is 24.6 Å². The first kappa shape index (κ1) is 8.57. The Labute approximate surface area is 77.7 Å². The summed E-state index contributed by atoms with van der Waals surface area (Å²) < 4.78 is 0. The molecule has 2 fully saturated rings. The Bertz CT molecular complexity index is 177. The molecule has 2 nitrogen and oxygen atoms in total. The molecule has 2 heterocycles. The van der Waals surface area contributed by atoms with Gasteiger partial charge in [-0.1, -0.05) is 0 Å². The van der Waals surface area contributed by atoms with Crippen LogP contribution in [0.2, 0.25) is 0 Å². The number of rotatable bonds is 1. The minimum atomic E-state index is 0.438. The Morgan fingerprint density at radius 2 is 2.08 bits per heavy atom. The van der Waals surface area contributed by atoms with E-state index in [4.69, 9.17) is 0 Å².